The summed E-state index contributed by atoms with van der Waals surface area (Å²) in [5, 5.41) is 0. The second kappa shape index (κ2) is 6.14. The van der Waals surface area contributed by atoms with Gasteiger partial charge in [0.05, 0.1) is 15.9 Å². The third kappa shape index (κ3) is 3.28. The molecule has 0 aliphatic carbocycles. The van der Waals surface area contributed by atoms with Gasteiger partial charge in [-0.1, -0.05) is 29.8 Å². The highest BCUT2D eigenvalue weighted by molar-refractivity contribution is 7.89. The lowest BCUT2D eigenvalue weighted by Gasteiger charge is -2.07. The predicted molar refractivity (Wildman–Crippen MR) is 90.8 cm³/mol. The van der Waals surface area contributed by atoms with Gasteiger partial charge in [0.15, 0.2) is 0 Å². The van der Waals surface area contributed by atoms with Crippen LogP contribution in [0.3, 0.4) is 0 Å². The van der Waals surface area contributed by atoms with Gasteiger partial charge in [-0.25, -0.2) is 18.1 Å². The average molecular weight is 329 g/mol. The molecule has 23 heavy (non-hydrogen) atoms. The number of aryl methyl sites for hydroxylation is 2. The number of hydrogen-bond acceptors (Lipinski definition) is 3. The lowest BCUT2D eigenvalue weighted by atomic mass is 10.2. The molecule has 1 heterocycles. The van der Waals surface area contributed by atoms with Crippen LogP contribution in [0.4, 0.5) is 0 Å². The van der Waals surface area contributed by atoms with Crippen LogP contribution in [0.25, 0.3) is 11.0 Å². The van der Waals surface area contributed by atoms with E-state index in [1.807, 2.05) is 42.8 Å². The SMILES string of the molecule is Cc1ccc(S(=O)(=O)NCCc2nc3ccccc3n2C)cc1. The largest absolute Gasteiger partial charge is 0.331 e. The molecule has 0 aliphatic rings. The zero-order chi connectivity index (χ0) is 16.4. The Morgan fingerprint density at radius 3 is 2.48 bits per heavy atom. The molecule has 0 unspecified atom stereocenters. The van der Waals surface area contributed by atoms with E-state index in [9.17, 15) is 8.42 Å². The first-order chi connectivity index (χ1) is 11.0. The van der Waals surface area contributed by atoms with Crippen LogP contribution in [-0.4, -0.2) is 24.5 Å². The van der Waals surface area contributed by atoms with E-state index in [2.05, 4.69) is 9.71 Å². The molecule has 2 aromatic carbocycles. The number of hydrogen-bond donors (Lipinski definition) is 1. The number of nitrogens with zero attached hydrogens (tertiary/aromatic N) is 2. The number of aromatic nitrogens is 2. The van der Waals surface area contributed by atoms with Gasteiger partial charge in [0, 0.05) is 20.0 Å². The molecule has 0 radical (unpaired) electrons. The second-order valence-electron chi connectivity index (χ2n) is 5.54. The first-order valence-electron chi connectivity index (χ1n) is 7.44. The highest BCUT2D eigenvalue weighted by Gasteiger charge is 2.14. The number of benzene rings is 2. The Morgan fingerprint density at radius 1 is 1.09 bits per heavy atom. The van der Waals surface area contributed by atoms with E-state index in [0.717, 1.165) is 22.4 Å². The molecule has 0 fully saturated rings. The summed E-state index contributed by atoms with van der Waals surface area (Å²) in [5.41, 5.74) is 3.00. The fraction of sp³-hybridized carbons (Fsp3) is 0.235. The van der Waals surface area contributed by atoms with Gasteiger partial charge in [0.25, 0.3) is 0 Å². The van der Waals surface area contributed by atoms with Crippen LogP contribution in [-0.2, 0) is 23.5 Å². The minimum Gasteiger partial charge on any atom is -0.331 e. The Balaban J connectivity index is 1.70. The van der Waals surface area contributed by atoms with E-state index >= 15 is 0 Å². The lowest BCUT2D eigenvalue weighted by molar-refractivity contribution is 0.580. The maximum absolute atomic E-state index is 12.3. The summed E-state index contributed by atoms with van der Waals surface area (Å²) in [6, 6.07) is 14.7. The van der Waals surface area contributed by atoms with Crippen molar-refractivity contribution in [3.05, 3.63) is 59.9 Å². The number of fused-ring (bicyclic) bond motifs is 1. The van der Waals surface area contributed by atoms with Crippen LogP contribution >= 0.6 is 0 Å². The highest BCUT2D eigenvalue weighted by Crippen LogP contribution is 2.15. The smallest absolute Gasteiger partial charge is 0.240 e. The zero-order valence-electron chi connectivity index (χ0n) is 13.2. The minimum absolute atomic E-state index is 0.285. The molecule has 0 saturated carbocycles. The summed E-state index contributed by atoms with van der Waals surface area (Å²) in [4.78, 5) is 4.83. The monoisotopic (exact) mass is 329 g/mol. The van der Waals surface area contributed by atoms with Crippen molar-refractivity contribution in [3.8, 4) is 0 Å². The van der Waals surface area contributed by atoms with Crippen LogP contribution in [0.5, 0.6) is 0 Å². The van der Waals surface area contributed by atoms with Crippen molar-refractivity contribution in [2.24, 2.45) is 7.05 Å². The topological polar surface area (TPSA) is 64.0 Å². The standard InChI is InChI=1S/C17H19N3O2S/c1-13-7-9-14(10-8-13)23(21,22)18-12-11-17-19-15-5-3-4-6-16(15)20(17)2/h3-10,18H,11-12H2,1-2H3. The van der Waals surface area contributed by atoms with Crippen molar-refractivity contribution in [3.63, 3.8) is 0 Å². The highest BCUT2D eigenvalue weighted by atomic mass is 32.2. The molecular formula is C17H19N3O2S. The van der Waals surface area contributed by atoms with Gasteiger partial charge in [-0.3, -0.25) is 0 Å². The van der Waals surface area contributed by atoms with Crippen LogP contribution < -0.4 is 4.72 Å². The molecule has 3 rings (SSSR count). The third-order valence-corrected chi connectivity index (χ3v) is 5.33. The van der Waals surface area contributed by atoms with E-state index in [4.69, 9.17) is 0 Å². The van der Waals surface area contributed by atoms with Crippen LogP contribution in [0.2, 0.25) is 0 Å². The Hall–Kier alpha value is -2.18. The van der Waals surface area contributed by atoms with E-state index in [0.29, 0.717) is 13.0 Å². The summed E-state index contributed by atoms with van der Waals surface area (Å²) in [6.45, 7) is 2.24. The Kier molecular flexibility index (Phi) is 4.19. The van der Waals surface area contributed by atoms with Crippen LogP contribution in [0.15, 0.2) is 53.4 Å². The molecule has 0 atom stereocenters. The summed E-state index contributed by atoms with van der Waals surface area (Å²) < 4.78 is 29.1. The molecule has 120 valence electrons. The van der Waals surface area contributed by atoms with Gasteiger partial charge in [-0.2, -0.15) is 0 Å². The van der Waals surface area contributed by atoms with E-state index in [-0.39, 0.29) is 4.90 Å². The summed E-state index contributed by atoms with van der Waals surface area (Å²) >= 11 is 0. The van der Waals surface area contributed by atoms with Gasteiger partial charge >= 0.3 is 0 Å². The van der Waals surface area contributed by atoms with Crippen LogP contribution in [0.1, 0.15) is 11.4 Å². The van der Waals surface area contributed by atoms with E-state index < -0.39 is 10.0 Å². The van der Waals surface area contributed by atoms with Gasteiger partial charge in [-0.05, 0) is 31.2 Å². The van der Waals surface area contributed by atoms with Crippen molar-refractivity contribution in [1.82, 2.24) is 14.3 Å². The molecule has 3 aromatic rings. The van der Waals surface area contributed by atoms with Crippen molar-refractivity contribution < 1.29 is 8.42 Å². The Bertz CT molecular complexity index is 928. The van der Waals surface area contributed by atoms with Gasteiger partial charge in [-0.15, -0.1) is 0 Å². The molecule has 0 aliphatic heterocycles. The van der Waals surface area contributed by atoms with Crippen molar-refractivity contribution >= 4 is 21.1 Å². The molecule has 0 amide bonds. The van der Waals surface area contributed by atoms with Crippen molar-refractivity contribution in [2.75, 3.05) is 6.54 Å². The fourth-order valence-electron chi connectivity index (χ4n) is 2.52. The third-order valence-electron chi connectivity index (χ3n) is 3.85. The molecule has 0 bridgehead atoms. The minimum atomic E-state index is -3.48. The van der Waals surface area contributed by atoms with Gasteiger partial charge < -0.3 is 4.57 Å². The predicted octanol–water partition coefficient (Wildman–Crippen LogP) is 2.40. The number of sulfonamides is 1. The number of rotatable bonds is 5. The molecule has 0 saturated heterocycles. The quantitative estimate of drug-likeness (QED) is 0.782. The fourth-order valence-corrected chi connectivity index (χ4v) is 3.55. The molecule has 1 N–H and O–H groups in total. The summed E-state index contributed by atoms with van der Waals surface area (Å²) in [7, 11) is -1.53. The summed E-state index contributed by atoms with van der Waals surface area (Å²) in [5.74, 6) is 0.859. The van der Waals surface area contributed by atoms with Crippen LogP contribution in [0, 0.1) is 6.92 Å². The Morgan fingerprint density at radius 2 is 1.78 bits per heavy atom. The molecule has 1 aromatic heterocycles. The average Bonchev–Trinajstić information content (AvgIpc) is 2.84. The normalized spacial score (nSPS) is 11.9. The Labute approximate surface area is 136 Å². The van der Waals surface area contributed by atoms with E-state index in [1.54, 1.807) is 24.3 Å². The molecular weight excluding hydrogens is 310 g/mol. The number of para-hydroxylation sites is 2. The summed E-state index contributed by atoms with van der Waals surface area (Å²) in [6.07, 6.45) is 0.538. The maximum atomic E-state index is 12.3. The van der Waals surface area contributed by atoms with Gasteiger partial charge in [0.2, 0.25) is 10.0 Å². The van der Waals surface area contributed by atoms with E-state index in [1.165, 1.54) is 0 Å². The van der Waals surface area contributed by atoms with Crippen molar-refractivity contribution in [2.45, 2.75) is 18.2 Å². The first kappa shape index (κ1) is 15.7. The molecule has 0 spiro atoms. The molecule has 5 nitrogen and oxygen atoms in total. The first-order valence-corrected chi connectivity index (χ1v) is 8.92. The number of imidazole rings is 1. The lowest BCUT2D eigenvalue weighted by Crippen LogP contribution is -2.26. The zero-order valence-corrected chi connectivity index (χ0v) is 14.0. The molecule has 6 heteroatoms. The van der Waals surface area contributed by atoms with Gasteiger partial charge in [0.1, 0.15) is 5.82 Å². The maximum Gasteiger partial charge on any atom is 0.240 e. The second-order valence-corrected chi connectivity index (χ2v) is 7.30. The number of nitrogens with one attached hydrogen (secondary N) is 1. The van der Waals surface area contributed by atoms with Crippen molar-refractivity contribution in [1.29, 1.82) is 0 Å².